The van der Waals surface area contributed by atoms with E-state index in [1.165, 1.54) is 0 Å². The molecule has 0 saturated carbocycles. The summed E-state index contributed by atoms with van der Waals surface area (Å²) in [4.78, 5) is 13.1. The number of nitrogens with zero attached hydrogens (tertiary/aromatic N) is 5. The maximum absolute atomic E-state index is 5.33. The zero-order valence-corrected chi connectivity index (χ0v) is 12.0. The van der Waals surface area contributed by atoms with Crippen LogP contribution in [0.2, 0.25) is 0 Å². The number of pyridine rings is 2. The van der Waals surface area contributed by atoms with Gasteiger partial charge >= 0.3 is 0 Å². The van der Waals surface area contributed by atoms with Crippen LogP contribution in [0.5, 0.6) is 0 Å². The van der Waals surface area contributed by atoms with Gasteiger partial charge in [0.15, 0.2) is 5.82 Å². The van der Waals surface area contributed by atoms with Crippen LogP contribution in [0.3, 0.4) is 0 Å². The first kappa shape index (κ1) is 12.7. The van der Waals surface area contributed by atoms with Crippen LogP contribution in [0.25, 0.3) is 17.2 Å². The summed E-state index contributed by atoms with van der Waals surface area (Å²) in [6, 6.07) is 7.88. The Bertz CT molecular complexity index is 926. The van der Waals surface area contributed by atoms with Crippen molar-refractivity contribution in [1.82, 2.24) is 24.5 Å². The number of fused-ring (bicyclic) bond motifs is 1. The van der Waals surface area contributed by atoms with Gasteiger partial charge in [-0.25, -0.2) is 4.98 Å². The van der Waals surface area contributed by atoms with E-state index >= 15 is 0 Å². The molecule has 0 aliphatic heterocycles. The lowest BCUT2D eigenvalue weighted by Crippen LogP contribution is -1.91. The van der Waals surface area contributed by atoms with Gasteiger partial charge in [-0.05, 0) is 30.2 Å². The van der Waals surface area contributed by atoms with Crippen LogP contribution in [-0.2, 0) is 6.42 Å². The fourth-order valence-electron chi connectivity index (χ4n) is 2.37. The standard InChI is InChI=1S/C16H13N5O/c1-11-4-3-7-21-10-13(18-15(11)21)16-19-14(20-22-16)8-12-5-2-6-17-9-12/h2-7,9-10H,8H2,1H3. The first-order valence-corrected chi connectivity index (χ1v) is 6.96. The van der Waals surface area contributed by atoms with Gasteiger partial charge in [0.1, 0.15) is 11.3 Å². The largest absolute Gasteiger partial charge is 0.332 e. The lowest BCUT2D eigenvalue weighted by Gasteiger charge is -1.93. The van der Waals surface area contributed by atoms with E-state index in [1.54, 1.807) is 12.4 Å². The van der Waals surface area contributed by atoms with Crippen molar-refractivity contribution in [1.29, 1.82) is 0 Å². The molecular formula is C16H13N5O. The maximum atomic E-state index is 5.33. The Morgan fingerprint density at radius 2 is 2.14 bits per heavy atom. The molecule has 0 bridgehead atoms. The number of aryl methyl sites for hydroxylation is 1. The molecule has 0 saturated heterocycles. The van der Waals surface area contributed by atoms with E-state index in [4.69, 9.17) is 4.52 Å². The highest BCUT2D eigenvalue weighted by molar-refractivity contribution is 5.57. The molecule has 4 rings (SSSR count). The van der Waals surface area contributed by atoms with E-state index in [2.05, 4.69) is 20.1 Å². The Morgan fingerprint density at radius 3 is 2.95 bits per heavy atom. The van der Waals surface area contributed by atoms with Gasteiger partial charge < -0.3 is 8.92 Å². The van der Waals surface area contributed by atoms with Crippen molar-refractivity contribution in [3.8, 4) is 11.6 Å². The SMILES string of the molecule is Cc1cccn2cc(-c3nc(Cc4cccnc4)no3)nc12. The lowest BCUT2D eigenvalue weighted by atomic mass is 10.2. The fourth-order valence-corrected chi connectivity index (χ4v) is 2.37. The van der Waals surface area contributed by atoms with Gasteiger partial charge in [0.25, 0.3) is 5.89 Å². The number of rotatable bonds is 3. The van der Waals surface area contributed by atoms with E-state index in [9.17, 15) is 0 Å². The highest BCUT2D eigenvalue weighted by atomic mass is 16.5. The van der Waals surface area contributed by atoms with Crippen LogP contribution in [0, 0.1) is 6.92 Å². The summed E-state index contributed by atoms with van der Waals surface area (Å²) >= 11 is 0. The molecule has 4 aromatic heterocycles. The molecule has 0 fully saturated rings. The molecule has 6 nitrogen and oxygen atoms in total. The Labute approximate surface area is 126 Å². The average molecular weight is 291 g/mol. The fraction of sp³-hybridized carbons (Fsp3) is 0.125. The molecule has 0 spiro atoms. The minimum Gasteiger partial charge on any atom is -0.332 e. The van der Waals surface area contributed by atoms with E-state index in [0.29, 0.717) is 23.8 Å². The third kappa shape index (κ3) is 2.24. The Hall–Kier alpha value is -3.02. The molecule has 22 heavy (non-hydrogen) atoms. The van der Waals surface area contributed by atoms with Gasteiger partial charge in [-0.1, -0.05) is 17.3 Å². The summed E-state index contributed by atoms with van der Waals surface area (Å²) in [7, 11) is 0. The van der Waals surface area contributed by atoms with Crippen molar-refractivity contribution in [2.24, 2.45) is 0 Å². The summed E-state index contributed by atoms with van der Waals surface area (Å²) in [6.07, 6.45) is 7.97. The van der Waals surface area contributed by atoms with Crippen molar-refractivity contribution in [3.63, 3.8) is 0 Å². The molecule has 0 N–H and O–H groups in total. The van der Waals surface area contributed by atoms with Crippen LogP contribution >= 0.6 is 0 Å². The van der Waals surface area contributed by atoms with Crippen LogP contribution in [0.4, 0.5) is 0 Å². The molecule has 0 amide bonds. The topological polar surface area (TPSA) is 69.1 Å². The Morgan fingerprint density at radius 1 is 1.18 bits per heavy atom. The second kappa shape index (κ2) is 5.07. The second-order valence-corrected chi connectivity index (χ2v) is 5.10. The van der Waals surface area contributed by atoms with E-state index in [1.807, 2.05) is 48.0 Å². The Balaban J connectivity index is 1.66. The number of hydrogen-bond donors (Lipinski definition) is 0. The van der Waals surface area contributed by atoms with Crippen LogP contribution in [0.1, 0.15) is 17.0 Å². The number of aromatic nitrogens is 5. The quantitative estimate of drug-likeness (QED) is 0.580. The van der Waals surface area contributed by atoms with Gasteiger partial charge in [-0.3, -0.25) is 4.98 Å². The molecule has 4 aromatic rings. The van der Waals surface area contributed by atoms with Gasteiger partial charge in [0.2, 0.25) is 0 Å². The molecule has 0 aliphatic carbocycles. The highest BCUT2D eigenvalue weighted by Gasteiger charge is 2.13. The zero-order chi connectivity index (χ0) is 14.9. The van der Waals surface area contributed by atoms with Crippen molar-refractivity contribution in [2.75, 3.05) is 0 Å². The van der Waals surface area contributed by atoms with Gasteiger partial charge in [-0.15, -0.1) is 0 Å². The molecule has 4 heterocycles. The maximum Gasteiger partial charge on any atom is 0.278 e. The minimum absolute atomic E-state index is 0.432. The molecule has 6 heteroatoms. The predicted octanol–water partition coefficient (Wildman–Crippen LogP) is 2.68. The summed E-state index contributed by atoms with van der Waals surface area (Å²) in [5.74, 6) is 1.05. The Kier molecular flexibility index (Phi) is 2.93. The summed E-state index contributed by atoms with van der Waals surface area (Å²) in [5, 5.41) is 4.02. The van der Waals surface area contributed by atoms with Crippen LogP contribution in [-0.4, -0.2) is 24.5 Å². The van der Waals surface area contributed by atoms with Crippen LogP contribution < -0.4 is 0 Å². The summed E-state index contributed by atoms with van der Waals surface area (Å²) in [6.45, 7) is 2.02. The molecule has 108 valence electrons. The van der Waals surface area contributed by atoms with Crippen molar-refractivity contribution >= 4 is 5.65 Å². The molecule has 0 aromatic carbocycles. The van der Waals surface area contributed by atoms with Crippen molar-refractivity contribution in [2.45, 2.75) is 13.3 Å². The lowest BCUT2D eigenvalue weighted by molar-refractivity contribution is 0.423. The molecule has 0 atom stereocenters. The first-order chi connectivity index (χ1) is 10.8. The van der Waals surface area contributed by atoms with E-state index in [0.717, 1.165) is 16.8 Å². The van der Waals surface area contributed by atoms with Crippen molar-refractivity contribution in [3.05, 3.63) is 66.0 Å². The van der Waals surface area contributed by atoms with Crippen LogP contribution in [0.15, 0.2) is 53.6 Å². The van der Waals surface area contributed by atoms with Gasteiger partial charge in [0.05, 0.1) is 0 Å². The normalized spacial score (nSPS) is 11.1. The highest BCUT2D eigenvalue weighted by Crippen LogP contribution is 2.19. The van der Waals surface area contributed by atoms with Gasteiger partial charge in [0, 0.05) is 31.2 Å². The number of hydrogen-bond acceptors (Lipinski definition) is 5. The number of imidazole rings is 1. The monoisotopic (exact) mass is 291 g/mol. The first-order valence-electron chi connectivity index (χ1n) is 6.96. The van der Waals surface area contributed by atoms with Crippen molar-refractivity contribution < 1.29 is 4.52 Å². The molecule has 0 unspecified atom stereocenters. The molecule has 0 radical (unpaired) electrons. The second-order valence-electron chi connectivity index (χ2n) is 5.10. The summed E-state index contributed by atoms with van der Waals surface area (Å²) < 4.78 is 7.29. The molecule has 0 aliphatic rings. The van der Waals surface area contributed by atoms with E-state index < -0.39 is 0 Å². The van der Waals surface area contributed by atoms with Gasteiger partial charge in [-0.2, -0.15) is 4.98 Å². The predicted molar refractivity (Wildman–Crippen MR) is 80.3 cm³/mol. The minimum atomic E-state index is 0.432. The summed E-state index contributed by atoms with van der Waals surface area (Å²) in [5.41, 5.74) is 3.72. The average Bonchev–Trinajstić information content (AvgIpc) is 3.15. The smallest absolute Gasteiger partial charge is 0.278 e. The molecular weight excluding hydrogens is 278 g/mol. The van der Waals surface area contributed by atoms with E-state index in [-0.39, 0.29) is 0 Å². The third-order valence-electron chi connectivity index (χ3n) is 3.45. The third-order valence-corrected chi connectivity index (χ3v) is 3.45. The zero-order valence-electron chi connectivity index (χ0n) is 12.0.